The molecule has 4 N–H and O–H groups in total. The molecular formula is C14H23N3O3S. The number of ether oxygens (including phenoxy) is 2. The third kappa shape index (κ3) is 3.24. The number of methoxy groups -OCH3 is 1. The summed E-state index contributed by atoms with van der Waals surface area (Å²) in [7, 11) is 3.15. The van der Waals surface area contributed by atoms with Crippen LogP contribution in [0, 0.1) is 5.92 Å². The Morgan fingerprint density at radius 2 is 2.33 bits per heavy atom. The van der Waals surface area contributed by atoms with Crippen LogP contribution in [0.1, 0.15) is 29.4 Å². The van der Waals surface area contributed by atoms with Crippen LogP contribution in [0.3, 0.4) is 0 Å². The fraction of sp³-hybridized carbons (Fsp3) is 0.643. The van der Waals surface area contributed by atoms with E-state index < -0.39 is 0 Å². The van der Waals surface area contributed by atoms with Gasteiger partial charge in [0.25, 0.3) is 5.91 Å². The molecule has 0 spiro atoms. The highest BCUT2D eigenvalue weighted by Gasteiger charge is 2.28. The molecule has 1 aliphatic heterocycles. The maximum Gasteiger partial charge on any atom is 0.263 e. The molecule has 7 heteroatoms. The van der Waals surface area contributed by atoms with Gasteiger partial charge >= 0.3 is 0 Å². The SMILES string of the molecule is CCC1OCCC1CNc1sc(C(=O)NC)c(N)c1OC. The zero-order valence-corrected chi connectivity index (χ0v) is 13.5. The molecule has 1 saturated heterocycles. The summed E-state index contributed by atoms with van der Waals surface area (Å²) in [5.41, 5.74) is 6.38. The molecule has 0 aromatic carbocycles. The summed E-state index contributed by atoms with van der Waals surface area (Å²) in [4.78, 5) is 12.3. The number of thiophene rings is 1. The van der Waals surface area contributed by atoms with Crippen molar-refractivity contribution in [1.82, 2.24) is 5.32 Å². The van der Waals surface area contributed by atoms with E-state index >= 15 is 0 Å². The average molecular weight is 313 g/mol. The molecule has 0 saturated carbocycles. The lowest BCUT2D eigenvalue weighted by atomic mass is 10.00. The van der Waals surface area contributed by atoms with Crippen molar-refractivity contribution < 1.29 is 14.3 Å². The normalized spacial score (nSPS) is 21.3. The van der Waals surface area contributed by atoms with E-state index in [1.807, 2.05) is 0 Å². The van der Waals surface area contributed by atoms with Crippen LogP contribution in [-0.2, 0) is 4.74 Å². The Morgan fingerprint density at radius 3 is 2.95 bits per heavy atom. The Kier molecular flexibility index (Phi) is 5.30. The molecule has 6 nitrogen and oxygen atoms in total. The minimum atomic E-state index is -0.195. The number of nitrogens with two attached hydrogens (primary N) is 1. The first-order chi connectivity index (χ1) is 10.1. The van der Waals surface area contributed by atoms with E-state index in [0.717, 1.165) is 31.0 Å². The second-order valence-corrected chi connectivity index (χ2v) is 6.05. The summed E-state index contributed by atoms with van der Waals surface area (Å²) in [6.45, 7) is 3.75. The first-order valence-corrected chi connectivity index (χ1v) is 7.97. The van der Waals surface area contributed by atoms with E-state index in [4.69, 9.17) is 15.2 Å². The van der Waals surface area contributed by atoms with E-state index in [0.29, 0.717) is 28.3 Å². The van der Waals surface area contributed by atoms with E-state index in [1.54, 1.807) is 14.2 Å². The van der Waals surface area contributed by atoms with Gasteiger partial charge in [-0.15, -0.1) is 11.3 Å². The maximum atomic E-state index is 11.8. The van der Waals surface area contributed by atoms with Crippen molar-refractivity contribution in [1.29, 1.82) is 0 Å². The van der Waals surface area contributed by atoms with Gasteiger partial charge in [0.05, 0.1) is 13.2 Å². The summed E-state index contributed by atoms with van der Waals surface area (Å²) >= 11 is 1.32. The molecule has 21 heavy (non-hydrogen) atoms. The first kappa shape index (κ1) is 15.9. The van der Waals surface area contributed by atoms with Crippen LogP contribution in [-0.4, -0.2) is 39.3 Å². The molecule has 1 fully saturated rings. The molecule has 2 atom stereocenters. The van der Waals surface area contributed by atoms with Crippen molar-refractivity contribution in [2.24, 2.45) is 5.92 Å². The van der Waals surface area contributed by atoms with Gasteiger partial charge in [0.2, 0.25) is 0 Å². The lowest BCUT2D eigenvalue weighted by Crippen LogP contribution is -2.22. The fourth-order valence-corrected chi connectivity index (χ4v) is 3.67. The highest BCUT2D eigenvalue weighted by Crippen LogP contribution is 2.42. The Labute approximate surface area is 129 Å². The predicted octanol–water partition coefficient (Wildman–Crippen LogP) is 1.93. The van der Waals surface area contributed by atoms with Crippen molar-refractivity contribution in [2.45, 2.75) is 25.9 Å². The van der Waals surface area contributed by atoms with Gasteiger partial charge in [-0.2, -0.15) is 0 Å². The summed E-state index contributed by atoms with van der Waals surface area (Å²) in [6, 6.07) is 0. The minimum absolute atomic E-state index is 0.195. The van der Waals surface area contributed by atoms with Gasteiger partial charge in [-0.3, -0.25) is 4.79 Å². The number of hydrogen-bond acceptors (Lipinski definition) is 6. The Balaban J connectivity index is 2.10. The first-order valence-electron chi connectivity index (χ1n) is 7.16. The molecule has 2 heterocycles. The molecule has 0 aliphatic carbocycles. The number of amides is 1. The van der Waals surface area contributed by atoms with Gasteiger partial charge in [-0.1, -0.05) is 6.92 Å². The average Bonchev–Trinajstić information content (AvgIpc) is 3.07. The van der Waals surface area contributed by atoms with E-state index in [-0.39, 0.29) is 5.91 Å². The molecule has 1 aliphatic rings. The standard InChI is InChI=1S/C14H23N3O3S/c1-4-9-8(5-6-20-9)7-17-14-11(19-3)10(15)12(21-14)13(18)16-2/h8-9,17H,4-7,15H2,1-3H3,(H,16,18). The lowest BCUT2D eigenvalue weighted by Gasteiger charge is -2.17. The largest absolute Gasteiger partial charge is 0.492 e. The zero-order chi connectivity index (χ0) is 15.4. The molecule has 118 valence electrons. The van der Waals surface area contributed by atoms with Crippen molar-refractivity contribution >= 4 is 27.9 Å². The third-order valence-electron chi connectivity index (χ3n) is 3.81. The van der Waals surface area contributed by atoms with Crippen molar-refractivity contribution in [2.75, 3.05) is 38.4 Å². The van der Waals surface area contributed by atoms with Crippen molar-refractivity contribution in [3.8, 4) is 5.75 Å². The molecule has 1 amide bonds. The van der Waals surface area contributed by atoms with Crippen LogP contribution in [0.15, 0.2) is 0 Å². The Morgan fingerprint density at radius 1 is 1.57 bits per heavy atom. The molecule has 0 bridgehead atoms. The van der Waals surface area contributed by atoms with Crippen LogP contribution in [0.5, 0.6) is 5.75 Å². The molecule has 2 rings (SSSR count). The number of carbonyl (C=O) groups is 1. The topological polar surface area (TPSA) is 85.6 Å². The maximum absolute atomic E-state index is 11.8. The Hall–Kier alpha value is -1.47. The Bertz CT molecular complexity index is 504. The van der Waals surface area contributed by atoms with Crippen molar-refractivity contribution in [3.05, 3.63) is 4.88 Å². The third-order valence-corrected chi connectivity index (χ3v) is 4.95. The second kappa shape index (κ2) is 7.00. The van der Waals surface area contributed by atoms with Crippen LogP contribution in [0.2, 0.25) is 0 Å². The summed E-state index contributed by atoms with van der Waals surface area (Å²) in [5, 5.41) is 6.75. The zero-order valence-electron chi connectivity index (χ0n) is 12.7. The molecule has 1 aromatic rings. The van der Waals surface area contributed by atoms with Crippen LogP contribution in [0.25, 0.3) is 0 Å². The number of hydrogen-bond donors (Lipinski definition) is 3. The number of nitrogen functional groups attached to an aromatic ring is 1. The number of nitrogens with one attached hydrogen (secondary N) is 2. The summed E-state index contributed by atoms with van der Waals surface area (Å²) < 4.78 is 11.0. The quantitative estimate of drug-likeness (QED) is 0.747. The summed E-state index contributed by atoms with van der Waals surface area (Å²) in [5.74, 6) is 0.830. The van der Waals surface area contributed by atoms with Crippen molar-refractivity contribution in [3.63, 3.8) is 0 Å². The van der Waals surface area contributed by atoms with E-state index in [1.165, 1.54) is 11.3 Å². The number of anilines is 2. The van der Waals surface area contributed by atoms with E-state index in [2.05, 4.69) is 17.6 Å². The molecule has 0 radical (unpaired) electrons. The molecule has 2 unspecified atom stereocenters. The van der Waals surface area contributed by atoms with Crippen LogP contribution < -0.4 is 21.1 Å². The van der Waals surface area contributed by atoms with Gasteiger partial charge in [-0.05, 0) is 12.8 Å². The highest BCUT2D eigenvalue weighted by atomic mass is 32.1. The fourth-order valence-electron chi connectivity index (χ4n) is 2.63. The van der Waals surface area contributed by atoms with Gasteiger partial charge < -0.3 is 25.8 Å². The monoisotopic (exact) mass is 313 g/mol. The van der Waals surface area contributed by atoms with Gasteiger partial charge in [0.1, 0.15) is 15.6 Å². The second-order valence-electron chi connectivity index (χ2n) is 5.03. The number of carbonyl (C=O) groups excluding carboxylic acids is 1. The lowest BCUT2D eigenvalue weighted by molar-refractivity contribution is 0.0900. The summed E-state index contributed by atoms with van der Waals surface area (Å²) in [6.07, 6.45) is 2.37. The number of rotatable bonds is 6. The molecule has 1 aromatic heterocycles. The highest BCUT2D eigenvalue weighted by molar-refractivity contribution is 7.19. The van der Waals surface area contributed by atoms with Gasteiger partial charge in [0.15, 0.2) is 5.75 Å². The van der Waals surface area contributed by atoms with E-state index in [9.17, 15) is 4.79 Å². The van der Waals surface area contributed by atoms with Gasteiger partial charge in [0, 0.05) is 26.1 Å². The van der Waals surface area contributed by atoms with Gasteiger partial charge in [-0.25, -0.2) is 0 Å². The molecular weight excluding hydrogens is 290 g/mol. The smallest absolute Gasteiger partial charge is 0.263 e. The van der Waals surface area contributed by atoms with Crippen LogP contribution >= 0.6 is 11.3 Å². The van der Waals surface area contributed by atoms with Crippen LogP contribution in [0.4, 0.5) is 10.7 Å². The minimum Gasteiger partial charge on any atom is -0.492 e. The predicted molar refractivity (Wildman–Crippen MR) is 85.3 cm³/mol.